The van der Waals surface area contributed by atoms with Crippen molar-refractivity contribution >= 4 is 51.4 Å². The van der Waals surface area contributed by atoms with Crippen LogP contribution in [0.4, 0.5) is 5.13 Å². The Balaban J connectivity index is 1.93. The molecule has 0 bridgehead atoms. The van der Waals surface area contributed by atoms with Crippen LogP contribution in [-0.2, 0) is 4.79 Å². The van der Waals surface area contributed by atoms with Gasteiger partial charge in [0.25, 0.3) is 0 Å². The average molecular weight is 367 g/mol. The largest absolute Gasteiger partial charge is 0.478 e. The van der Waals surface area contributed by atoms with Crippen molar-refractivity contribution in [2.75, 3.05) is 11.4 Å². The quantitative estimate of drug-likeness (QED) is 0.739. The van der Waals surface area contributed by atoms with E-state index in [1.165, 1.54) is 18.3 Å². The first kappa shape index (κ1) is 17.8. The normalized spacial score (nSPS) is 11.2. The molecule has 0 unspecified atom stereocenters. The highest BCUT2D eigenvalue weighted by Gasteiger charge is 2.13. The maximum atomic E-state index is 11.6. The molecule has 0 aliphatic rings. The lowest BCUT2D eigenvalue weighted by Crippen LogP contribution is -2.27. The van der Waals surface area contributed by atoms with Crippen LogP contribution in [0.1, 0.15) is 35.6 Å². The molecule has 3 rings (SSSR count). The molecule has 0 atom stereocenters. The second kappa shape index (κ2) is 7.45. The number of aromatic carboxylic acids is 1. The van der Waals surface area contributed by atoms with Crippen molar-refractivity contribution in [2.24, 2.45) is 0 Å². The summed E-state index contributed by atoms with van der Waals surface area (Å²) >= 11 is 1.38. The van der Waals surface area contributed by atoms with E-state index in [1.54, 1.807) is 41.3 Å². The molecular weight excluding hydrogens is 350 g/mol. The van der Waals surface area contributed by atoms with Crippen LogP contribution >= 0.6 is 11.3 Å². The molecule has 0 aliphatic carbocycles. The highest BCUT2D eigenvalue weighted by Crippen LogP contribution is 2.23. The highest BCUT2D eigenvalue weighted by atomic mass is 32.1. The van der Waals surface area contributed by atoms with E-state index in [2.05, 4.69) is 9.97 Å². The van der Waals surface area contributed by atoms with E-state index < -0.39 is 5.97 Å². The Labute approximate surface area is 154 Å². The van der Waals surface area contributed by atoms with Crippen LogP contribution in [0.2, 0.25) is 0 Å². The molecule has 0 spiro atoms. The first-order valence-corrected chi connectivity index (χ1v) is 8.92. The van der Waals surface area contributed by atoms with Crippen molar-refractivity contribution in [2.45, 2.75) is 13.8 Å². The molecule has 0 aliphatic heterocycles. The molecule has 7 heteroatoms. The number of pyridine rings is 1. The number of carbonyl (C=O) groups excluding carboxylic acids is 1. The van der Waals surface area contributed by atoms with Gasteiger partial charge in [0.05, 0.1) is 22.5 Å². The fraction of sp³-hybridized carbons (Fsp3) is 0.158. The van der Waals surface area contributed by atoms with E-state index in [0.717, 1.165) is 0 Å². The number of carboxylic acid groups (broad SMARTS) is 1. The van der Waals surface area contributed by atoms with E-state index in [9.17, 15) is 14.7 Å². The van der Waals surface area contributed by atoms with Gasteiger partial charge >= 0.3 is 5.97 Å². The number of rotatable bonds is 5. The van der Waals surface area contributed by atoms with Crippen molar-refractivity contribution in [3.8, 4) is 0 Å². The Morgan fingerprint density at radius 1 is 1.19 bits per heavy atom. The first-order chi connectivity index (χ1) is 12.5. The monoisotopic (exact) mass is 367 g/mol. The van der Waals surface area contributed by atoms with E-state index in [0.29, 0.717) is 34.0 Å². The topological polar surface area (TPSA) is 83.4 Å². The third kappa shape index (κ3) is 3.62. The number of nitrogens with zero attached hydrogens (tertiary/aromatic N) is 3. The third-order valence-electron chi connectivity index (χ3n) is 3.83. The molecule has 0 fully saturated rings. The third-order valence-corrected chi connectivity index (χ3v) is 4.71. The van der Waals surface area contributed by atoms with Gasteiger partial charge in [0.15, 0.2) is 5.13 Å². The molecule has 2 heterocycles. The molecule has 26 heavy (non-hydrogen) atoms. The van der Waals surface area contributed by atoms with Gasteiger partial charge < -0.3 is 5.11 Å². The van der Waals surface area contributed by atoms with Gasteiger partial charge in [0, 0.05) is 24.2 Å². The summed E-state index contributed by atoms with van der Waals surface area (Å²) in [5.41, 5.74) is 2.06. The van der Waals surface area contributed by atoms with Gasteiger partial charge in [-0.3, -0.25) is 9.69 Å². The fourth-order valence-electron chi connectivity index (χ4n) is 2.60. The second-order valence-electron chi connectivity index (χ2n) is 5.57. The van der Waals surface area contributed by atoms with Crippen molar-refractivity contribution in [3.05, 3.63) is 52.7 Å². The summed E-state index contributed by atoms with van der Waals surface area (Å²) in [5, 5.41) is 12.5. The van der Waals surface area contributed by atoms with Gasteiger partial charge in [-0.25, -0.2) is 14.8 Å². The number of para-hydroxylation sites is 1. The number of fused-ring (bicyclic) bond motifs is 1. The summed E-state index contributed by atoms with van der Waals surface area (Å²) in [4.78, 5) is 33.6. The summed E-state index contributed by atoms with van der Waals surface area (Å²) < 4.78 is 0. The first-order valence-electron chi connectivity index (χ1n) is 8.04. The molecule has 132 valence electrons. The maximum Gasteiger partial charge on any atom is 0.336 e. The number of hydrogen-bond acceptors (Lipinski definition) is 5. The summed E-state index contributed by atoms with van der Waals surface area (Å²) in [6, 6.07) is 8.68. The number of carbonyl (C=O) groups is 2. The summed E-state index contributed by atoms with van der Waals surface area (Å²) in [5.74, 6) is -1.05. The number of hydrogen-bond donors (Lipinski definition) is 1. The summed E-state index contributed by atoms with van der Waals surface area (Å²) in [7, 11) is 0. The number of thiazole rings is 1. The zero-order valence-electron chi connectivity index (χ0n) is 14.3. The Hall–Kier alpha value is -3.06. The Kier molecular flexibility index (Phi) is 5.09. The smallest absolute Gasteiger partial charge is 0.336 e. The van der Waals surface area contributed by atoms with Gasteiger partial charge in [-0.15, -0.1) is 11.3 Å². The molecule has 6 nitrogen and oxygen atoms in total. The van der Waals surface area contributed by atoms with Crippen LogP contribution < -0.4 is 4.90 Å². The maximum absolute atomic E-state index is 11.6. The fourth-order valence-corrected chi connectivity index (χ4v) is 3.50. The minimum absolute atomic E-state index is 0.0559. The van der Waals surface area contributed by atoms with Gasteiger partial charge in [0.2, 0.25) is 5.91 Å². The summed E-state index contributed by atoms with van der Waals surface area (Å²) in [6.07, 6.45) is 3.48. The number of amides is 1. The van der Waals surface area contributed by atoms with Crippen molar-refractivity contribution in [1.29, 1.82) is 0 Å². The Bertz CT molecular complexity index is 1010. The van der Waals surface area contributed by atoms with Gasteiger partial charge in [-0.2, -0.15) is 0 Å². The molecule has 1 amide bonds. The van der Waals surface area contributed by atoms with E-state index in [-0.39, 0.29) is 11.5 Å². The molecule has 3 aromatic rings. The van der Waals surface area contributed by atoms with Crippen molar-refractivity contribution in [1.82, 2.24) is 9.97 Å². The van der Waals surface area contributed by atoms with Crippen LogP contribution in [-0.4, -0.2) is 33.5 Å². The standard InChI is InChI=1S/C19H17N3O3S/c1-3-22(12(2)23)19-21-14(11-26-19)9-8-13-10-16(18(24)25)15-6-4-5-7-17(15)20-13/h4-11H,3H2,1-2H3,(H,24,25). The van der Waals surface area contributed by atoms with Gasteiger partial charge in [-0.1, -0.05) is 18.2 Å². The minimum Gasteiger partial charge on any atom is -0.478 e. The average Bonchev–Trinajstić information content (AvgIpc) is 3.08. The van der Waals surface area contributed by atoms with Crippen LogP contribution in [0.5, 0.6) is 0 Å². The molecule has 0 saturated carbocycles. The Morgan fingerprint density at radius 2 is 1.92 bits per heavy atom. The molecule has 0 saturated heterocycles. The van der Waals surface area contributed by atoms with Crippen LogP contribution in [0.3, 0.4) is 0 Å². The SMILES string of the molecule is CCN(C(C)=O)c1nc(C=Cc2cc(C(=O)O)c3ccccc3n2)cs1. The highest BCUT2D eigenvalue weighted by molar-refractivity contribution is 7.14. The zero-order valence-corrected chi connectivity index (χ0v) is 15.2. The Morgan fingerprint density at radius 3 is 2.62 bits per heavy atom. The van der Waals surface area contributed by atoms with Gasteiger partial charge in [-0.05, 0) is 31.2 Å². The molecule has 0 radical (unpaired) electrons. The number of carboxylic acids is 1. The van der Waals surface area contributed by atoms with Crippen molar-refractivity contribution < 1.29 is 14.7 Å². The number of anilines is 1. The van der Waals surface area contributed by atoms with Crippen LogP contribution in [0.25, 0.3) is 23.1 Å². The predicted molar refractivity (Wildman–Crippen MR) is 103 cm³/mol. The molecular formula is C19H17N3O3S. The molecule has 2 aromatic heterocycles. The lowest BCUT2D eigenvalue weighted by atomic mass is 10.1. The molecule has 1 N–H and O–H groups in total. The zero-order chi connectivity index (χ0) is 18.7. The number of benzene rings is 1. The van der Waals surface area contributed by atoms with Gasteiger partial charge in [0.1, 0.15) is 0 Å². The van der Waals surface area contributed by atoms with E-state index in [1.807, 2.05) is 18.4 Å². The minimum atomic E-state index is -0.991. The van der Waals surface area contributed by atoms with E-state index >= 15 is 0 Å². The lowest BCUT2D eigenvalue weighted by Gasteiger charge is -2.14. The molecule has 1 aromatic carbocycles. The second-order valence-corrected chi connectivity index (χ2v) is 6.41. The van der Waals surface area contributed by atoms with E-state index in [4.69, 9.17) is 0 Å². The van der Waals surface area contributed by atoms with Crippen LogP contribution in [0.15, 0.2) is 35.7 Å². The van der Waals surface area contributed by atoms with Crippen LogP contribution in [0, 0.1) is 0 Å². The lowest BCUT2D eigenvalue weighted by molar-refractivity contribution is -0.116. The number of aromatic nitrogens is 2. The summed E-state index contributed by atoms with van der Waals surface area (Å²) in [6.45, 7) is 3.96. The predicted octanol–water partition coefficient (Wildman–Crippen LogP) is 3.93. The van der Waals surface area contributed by atoms with Crippen molar-refractivity contribution in [3.63, 3.8) is 0 Å².